The largest absolute Gasteiger partial charge is 0.392 e. The van der Waals surface area contributed by atoms with E-state index >= 15 is 0 Å². The monoisotopic (exact) mass is 248 g/mol. The third-order valence-corrected chi connectivity index (χ3v) is 2.08. The highest BCUT2D eigenvalue weighted by molar-refractivity contribution is 9.10. The second-order valence-electron chi connectivity index (χ2n) is 2.34. The van der Waals surface area contributed by atoms with Crippen LogP contribution in [0.15, 0.2) is 22.7 Å². The highest BCUT2D eigenvalue weighted by Gasteiger charge is 2.08. The van der Waals surface area contributed by atoms with E-state index in [4.69, 9.17) is 5.11 Å². The summed E-state index contributed by atoms with van der Waals surface area (Å²) in [4.78, 5) is 0. The van der Waals surface area contributed by atoms with Crippen molar-refractivity contribution in [2.24, 2.45) is 0 Å². The fourth-order valence-electron chi connectivity index (χ4n) is 0.866. The Kier molecular flexibility index (Phi) is 3.57. The summed E-state index contributed by atoms with van der Waals surface area (Å²) < 4.78 is 26.3. The van der Waals surface area contributed by atoms with Gasteiger partial charge in [0, 0.05) is 5.56 Å². The van der Waals surface area contributed by atoms with Gasteiger partial charge in [-0.25, -0.2) is 8.78 Å². The molecule has 0 radical (unpaired) electrons. The van der Waals surface area contributed by atoms with Gasteiger partial charge in [-0.2, -0.15) is 0 Å². The van der Waals surface area contributed by atoms with E-state index in [1.807, 2.05) is 0 Å². The molecule has 0 saturated heterocycles. The normalized spacial score (nSPS) is 11.1. The van der Waals surface area contributed by atoms with Gasteiger partial charge in [-0.3, -0.25) is 0 Å². The molecule has 0 amide bonds. The van der Waals surface area contributed by atoms with Crippen LogP contribution in [0.25, 0.3) is 6.08 Å². The molecule has 1 rings (SSSR count). The van der Waals surface area contributed by atoms with Gasteiger partial charge in [0.2, 0.25) is 0 Å². The Labute approximate surface area is 82.8 Å². The van der Waals surface area contributed by atoms with Crippen LogP contribution in [0.1, 0.15) is 5.56 Å². The predicted molar refractivity (Wildman–Crippen MR) is 50.2 cm³/mol. The van der Waals surface area contributed by atoms with Crippen molar-refractivity contribution in [3.05, 3.63) is 39.9 Å². The maximum absolute atomic E-state index is 13.2. The number of hydrogen-bond donors (Lipinski definition) is 1. The number of aliphatic hydroxyl groups is 1. The Morgan fingerprint density at radius 3 is 2.69 bits per heavy atom. The van der Waals surface area contributed by atoms with Crippen molar-refractivity contribution in [1.82, 2.24) is 0 Å². The summed E-state index contributed by atoms with van der Waals surface area (Å²) in [6, 6.07) is 2.45. The first kappa shape index (κ1) is 10.3. The molecule has 70 valence electrons. The van der Waals surface area contributed by atoms with Gasteiger partial charge in [-0.05, 0) is 28.1 Å². The Hall–Kier alpha value is -0.740. The molecule has 0 bridgehead atoms. The first-order valence-electron chi connectivity index (χ1n) is 3.57. The number of aliphatic hydroxyl groups excluding tert-OH is 1. The third kappa shape index (κ3) is 2.35. The number of benzene rings is 1. The number of halogens is 3. The highest BCUT2D eigenvalue weighted by atomic mass is 79.9. The lowest BCUT2D eigenvalue weighted by Gasteiger charge is -2.00. The summed E-state index contributed by atoms with van der Waals surface area (Å²) >= 11 is 2.93. The molecular weight excluding hydrogens is 242 g/mol. The summed E-state index contributed by atoms with van der Waals surface area (Å²) in [7, 11) is 0. The number of hydrogen-bond acceptors (Lipinski definition) is 1. The van der Waals surface area contributed by atoms with E-state index in [1.54, 1.807) is 0 Å². The van der Waals surface area contributed by atoms with Gasteiger partial charge in [-0.1, -0.05) is 12.2 Å². The van der Waals surface area contributed by atoms with E-state index in [-0.39, 0.29) is 16.6 Å². The van der Waals surface area contributed by atoms with Crippen LogP contribution >= 0.6 is 15.9 Å². The standard InChI is InChI=1S/C9H7BrF2O/c10-7-3-4-8(11)6(9(7)12)2-1-5-13/h1-4,13H,5H2. The van der Waals surface area contributed by atoms with Crippen LogP contribution in [0.2, 0.25) is 0 Å². The maximum Gasteiger partial charge on any atom is 0.147 e. The summed E-state index contributed by atoms with van der Waals surface area (Å²) in [5.74, 6) is -1.31. The second-order valence-corrected chi connectivity index (χ2v) is 3.20. The molecule has 0 unspecified atom stereocenters. The van der Waals surface area contributed by atoms with Crippen molar-refractivity contribution in [1.29, 1.82) is 0 Å². The second kappa shape index (κ2) is 4.48. The van der Waals surface area contributed by atoms with E-state index in [2.05, 4.69) is 15.9 Å². The molecule has 0 aromatic heterocycles. The molecule has 1 N–H and O–H groups in total. The Morgan fingerprint density at radius 2 is 2.08 bits per heavy atom. The molecule has 4 heteroatoms. The minimum absolute atomic E-state index is 0.150. The minimum atomic E-state index is -0.662. The molecule has 0 aliphatic rings. The van der Waals surface area contributed by atoms with Crippen LogP contribution in [0.5, 0.6) is 0 Å². The molecule has 13 heavy (non-hydrogen) atoms. The van der Waals surface area contributed by atoms with Crippen molar-refractivity contribution >= 4 is 22.0 Å². The van der Waals surface area contributed by atoms with Crippen LogP contribution in [0.3, 0.4) is 0 Å². The Balaban J connectivity index is 3.17. The van der Waals surface area contributed by atoms with Crippen LogP contribution in [-0.2, 0) is 0 Å². The third-order valence-electron chi connectivity index (χ3n) is 1.47. The van der Waals surface area contributed by atoms with Gasteiger partial charge in [0.25, 0.3) is 0 Å². The van der Waals surface area contributed by atoms with E-state index in [1.165, 1.54) is 18.2 Å². The topological polar surface area (TPSA) is 20.2 Å². The SMILES string of the molecule is OCC=Cc1c(F)ccc(Br)c1F. The van der Waals surface area contributed by atoms with Crippen molar-refractivity contribution in [2.75, 3.05) is 6.61 Å². The van der Waals surface area contributed by atoms with Crippen molar-refractivity contribution < 1.29 is 13.9 Å². The quantitative estimate of drug-likeness (QED) is 0.799. The summed E-state index contributed by atoms with van der Waals surface area (Å²) in [5.41, 5.74) is -0.150. The minimum Gasteiger partial charge on any atom is -0.392 e. The Bertz CT molecular complexity index is 337. The van der Waals surface area contributed by atoms with E-state index in [9.17, 15) is 8.78 Å². The molecule has 1 aromatic carbocycles. The smallest absolute Gasteiger partial charge is 0.147 e. The van der Waals surface area contributed by atoms with Gasteiger partial charge in [0.1, 0.15) is 11.6 Å². The van der Waals surface area contributed by atoms with Gasteiger partial charge in [0.15, 0.2) is 0 Å². The lowest BCUT2D eigenvalue weighted by atomic mass is 10.2. The molecule has 1 aromatic rings. The van der Waals surface area contributed by atoms with Crippen LogP contribution in [0, 0.1) is 11.6 Å². The van der Waals surface area contributed by atoms with Gasteiger partial charge >= 0.3 is 0 Å². The zero-order chi connectivity index (χ0) is 9.84. The average Bonchev–Trinajstić information content (AvgIpc) is 2.12. The van der Waals surface area contributed by atoms with E-state index < -0.39 is 11.6 Å². The van der Waals surface area contributed by atoms with Crippen LogP contribution in [0.4, 0.5) is 8.78 Å². The molecular formula is C9H7BrF2O. The molecule has 0 heterocycles. The molecule has 0 spiro atoms. The summed E-state index contributed by atoms with van der Waals surface area (Å²) in [5, 5.41) is 8.44. The molecule has 0 aliphatic carbocycles. The van der Waals surface area contributed by atoms with Crippen molar-refractivity contribution in [3.63, 3.8) is 0 Å². The predicted octanol–water partition coefficient (Wildman–Crippen LogP) is 2.73. The van der Waals surface area contributed by atoms with Crippen molar-refractivity contribution in [3.8, 4) is 0 Å². The van der Waals surface area contributed by atoms with Gasteiger partial charge in [-0.15, -0.1) is 0 Å². The lowest BCUT2D eigenvalue weighted by Crippen LogP contribution is -1.90. The Morgan fingerprint density at radius 1 is 1.38 bits per heavy atom. The zero-order valence-electron chi connectivity index (χ0n) is 6.60. The first-order valence-corrected chi connectivity index (χ1v) is 4.37. The van der Waals surface area contributed by atoms with Gasteiger partial charge < -0.3 is 5.11 Å². The summed E-state index contributed by atoms with van der Waals surface area (Å²) in [6.45, 7) is -0.245. The lowest BCUT2D eigenvalue weighted by molar-refractivity contribution is 0.343. The fourth-order valence-corrected chi connectivity index (χ4v) is 1.21. The van der Waals surface area contributed by atoms with Crippen LogP contribution in [-0.4, -0.2) is 11.7 Å². The van der Waals surface area contributed by atoms with Crippen molar-refractivity contribution in [2.45, 2.75) is 0 Å². The van der Waals surface area contributed by atoms with E-state index in [0.717, 1.165) is 6.07 Å². The molecule has 0 atom stereocenters. The molecule has 0 fully saturated rings. The van der Waals surface area contributed by atoms with Crippen LogP contribution < -0.4 is 0 Å². The molecule has 0 aliphatic heterocycles. The molecule has 0 saturated carbocycles. The fraction of sp³-hybridized carbons (Fsp3) is 0.111. The average molecular weight is 249 g/mol. The zero-order valence-corrected chi connectivity index (χ0v) is 8.18. The van der Waals surface area contributed by atoms with Gasteiger partial charge in [0.05, 0.1) is 11.1 Å². The first-order chi connectivity index (χ1) is 6.16. The van der Waals surface area contributed by atoms with E-state index in [0.29, 0.717) is 0 Å². The molecule has 1 nitrogen and oxygen atoms in total. The number of rotatable bonds is 2. The maximum atomic E-state index is 13.2. The highest BCUT2D eigenvalue weighted by Crippen LogP contribution is 2.22. The summed E-state index contributed by atoms with van der Waals surface area (Å²) in [6.07, 6.45) is 2.48.